The third kappa shape index (κ3) is 5.04. The van der Waals surface area contributed by atoms with E-state index in [1.807, 2.05) is 36.0 Å². The van der Waals surface area contributed by atoms with Gasteiger partial charge < -0.3 is 14.9 Å². The molecule has 27 heavy (non-hydrogen) atoms. The van der Waals surface area contributed by atoms with Crippen molar-refractivity contribution in [3.63, 3.8) is 0 Å². The maximum Gasteiger partial charge on any atom is 0.191 e. The minimum absolute atomic E-state index is 0. The summed E-state index contributed by atoms with van der Waals surface area (Å²) in [4.78, 5) is 4.48. The predicted molar refractivity (Wildman–Crippen MR) is 113 cm³/mol. The van der Waals surface area contributed by atoms with Crippen LogP contribution in [0.1, 0.15) is 42.1 Å². The van der Waals surface area contributed by atoms with Gasteiger partial charge in [-0.1, -0.05) is 42.1 Å². The molecule has 1 saturated carbocycles. The molecule has 6 nitrogen and oxygen atoms in total. The largest absolute Gasteiger partial charge is 0.331 e. The van der Waals surface area contributed by atoms with E-state index in [4.69, 9.17) is 5.73 Å². The standard InChI is InChI=1S/C18H22N6S.2ClH/c1-23-17(15(19)11-13-5-3-2-4-6-13)21-22-18(23)25-12-16-20-9-10-24(16)14-7-8-14;;/h2-6,9-10,14-15H,7-8,11-12,19H2,1H3;2*1H. The number of thioether (sulfide) groups is 1. The molecule has 1 aliphatic rings. The van der Waals surface area contributed by atoms with Gasteiger partial charge in [0.1, 0.15) is 5.82 Å². The SMILES string of the molecule is Cl.Cl.Cn1c(SCc2nccn2C2CC2)nnc1C(N)Cc1ccccc1. The average molecular weight is 427 g/mol. The van der Waals surface area contributed by atoms with E-state index in [9.17, 15) is 0 Å². The highest BCUT2D eigenvalue weighted by molar-refractivity contribution is 7.98. The summed E-state index contributed by atoms with van der Waals surface area (Å²) in [7, 11) is 1.98. The van der Waals surface area contributed by atoms with Crippen molar-refractivity contribution in [2.24, 2.45) is 12.8 Å². The van der Waals surface area contributed by atoms with Crippen LogP contribution in [0.5, 0.6) is 0 Å². The number of imidazole rings is 1. The Kier molecular flexibility index (Phi) is 7.73. The minimum atomic E-state index is -0.164. The van der Waals surface area contributed by atoms with E-state index in [1.54, 1.807) is 11.8 Å². The Balaban J connectivity index is 0.00000131. The van der Waals surface area contributed by atoms with Crippen LogP contribution in [0.2, 0.25) is 0 Å². The van der Waals surface area contributed by atoms with Gasteiger partial charge in [-0.05, 0) is 24.8 Å². The molecule has 1 atom stereocenters. The average Bonchev–Trinajstić information content (AvgIpc) is 3.24. The summed E-state index contributed by atoms with van der Waals surface area (Å²) >= 11 is 1.66. The van der Waals surface area contributed by atoms with Crippen molar-refractivity contribution in [3.8, 4) is 0 Å². The lowest BCUT2D eigenvalue weighted by atomic mass is 10.1. The molecule has 2 heterocycles. The van der Waals surface area contributed by atoms with Crippen LogP contribution in [0.15, 0.2) is 47.9 Å². The molecule has 0 radical (unpaired) electrons. The lowest BCUT2D eigenvalue weighted by Gasteiger charge is -2.11. The lowest BCUT2D eigenvalue weighted by Crippen LogP contribution is -2.18. The van der Waals surface area contributed by atoms with E-state index in [0.717, 1.165) is 29.0 Å². The van der Waals surface area contributed by atoms with Crippen LogP contribution in [0.3, 0.4) is 0 Å². The third-order valence-corrected chi connectivity index (χ3v) is 5.53. The molecule has 3 aromatic rings. The maximum absolute atomic E-state index is 6.35. The topological polar surface area (TPSA) is 74.5 Å². The number of nitrogens with two attached hydrogens (primary N) is 1. The van der Waals surface area contributed by atoms with Crippen molar-refractivity contribution >= 4 is 36.6 Å². The number of rotatable bonds is 7. The molecule has 1 aromatic carbocycles. The molecule has 0 saturated heterocycles. The molecule has 0 aliphatic heterocycles. The molecular formula is C18H24Cl2N6S. The van der Waals surface area contributed by atoms with Gasteiger partial charge in [0.25, 0.3) is 0 Å². The summed E-state index contributed by atoms with van der Waals surface area (Å²) in [6, 6.07) is 10.7. The van der Waals surface area contributed by atoms with Crippen LogP contribution in [0.25, 0.3) is 0 Å². The fourth-order valence-electron chi connectivity index (χ4n) is 3.00. The number of benzene rings is 1. The summed E-state index contributed by atoms with van der Waals surface area (Å²) in [6.07, 6.45) is 7.23. The minimum Gasteiger partial charge on any atom is -0.331 e. The first-order valence-electron chi connectivity index (χ1n) is 8.55. The molecular weight excluding hydrogens is 403 g/mol. The lowest BCUT2D eigenvalue weighted by molar-refractivity contribution is 0.616. The second-order valence-electron chi connectivity index (χ2n) is 6.47. The zero-order valence-corrected chi connectivity index (χ0v) is 17.5. The van der Waals surface area contributed by atoms with Crippen LogP contribution in [-0.4, -0.2) is 24.3 Å². The van der Waals surface area contributed by atoms with Crippen molar-refractivity contribution < 1.29 is 0 Å². The fourth-order valence-corrected chi connectivity index (χ4v) is 3.87. The van der Waals surface area contributed by atoms with Gasteiger partial charge in [0.05, 0.1) is 11.8 Å². The highest BCUT2D eigenvalue weighted by atomic mass is 35.5. The molecule has 0 spiro atoms. The number of halogens is 2. The van der Waals surface area contributed by atoms with E-state index in [1.165, 1.54) is 18.4 Å². The van der Waals surface area contributed by atoms with Gasteiger partial charge in [0.2, 0.25) is 0 Å². The summed E-state index contributed by atoms with van der Waals surface area (Å²) in [5.41, 5.74) is 7.56. The van der Waals surface area contributed by atoms with Crippen molar-refractivity contribution in [1.29, 1.82) is 0 Å². The molecule has 1 fully saturated rings. The molecule has 0 bridgehead atoms. The molecule has 1 unspecified atom stereocenters. The maximum atomic E-state index is 6.35. The summed E-state index contributed by atoms with van der Waals surface area (Å²) in [6.45, 7) is 0. The first kappa shape index (κ1) is 21.8. The number of hydrogen-bond acceptors (Lipinski definition) is 5. The van der Waals surface area contributed by atoms with Crippen molar-refractivity contribution in [1.82, 2.24) is 24.3 Å². The smallest absolute Gasteiger partial charge is 0.191 e. The van der Waals surface area contributed by atoms with Gasteiger partial charge >= 0.3 is 0 Å². The quantitative estimate of drug-likeness (QED) is 0.582. The second kappa shape index (κ2) is 9.59. The monoisotopic (exact) mass is 426 g/mol. The molecule has 4 rings (SSSR count). The Morgan fingerprint density at radius 2 is 1.93 bits per heavy atom. The van der Waals surface area contributed by atoms with E-state index >= 15 is 0 Å². The summed E-state index contributed by atoms with van der Waals surface area (Å²) in [5.74, 6) is 2.71. The normalized spacial score (nSPS) is 14.3. The first-order valence-corrected chi connectivity index (χ1v) is 9.54. The Morgan fingerprint density at radius 3 is 2.63 bits per heavy atom. The third-order valence-electron chi connectivity index (χ3n) is 4.52. The summed E-state index contributed by atoms with van der Waals surface area (Å²) < 4.78 is 4.29. The molecule has 2 aromatic heterocycles. The Labute approximate surface area is 175 Å². The molecule has 2 N–H and O–H groups in total. The Morgan fingerprint density at radius 1 is 1.19 bits per heavy atom. The van der Waals surface area contributed by atoms with E-state index < -0.39 is 0 Å². The highest BCUT2D eigenvalue weighted by Crippen LogP contribution is 2.36. The van der Waals surface area contributed by atoms with Crippen LogP contribution in [0, 0.1) is 0 Å². The van der Waals surface area contributed by atoms with Gasteiger partial charge in [-0.15, -0.1) is 35.0 Å². The van der Waals surface area contributed by atoms with Crippen LogP contribution < -0.4 is 5.73 Å². The van der Waals surface area contributed by atoms with Crippen molar-refractivity contribution in [2.45, 2.75) is 42.3 Å². The van der Waals surface area contributed by atoms with Crippen LogP contribution >= 0.6 is 36.6 Å². The van der Waals surface area contributed by atoms with Gasteiger partial charge in [-0.3, -0.25) is 0 Å². The Bertz CT molecular complexity index is 847. The van der Waals surface area contributed by atoms with Crippen LogP contribution in [-0.2, 0) is 19.2 Å². The zero-order valence-electron chi connectivity index (χ0n) is 15.1. The second-order valence-corrected chi connectivity index (χ2v) is 7.41. The Hall–Kier alpha value is -1.54. The van der Waals surface area contributed by atoms with Crippen LogP contribution in [0.4, 0.5) is 0 Å². The highest BCUT2D eigenvalue weighted by Gasteiger charge is 2.25. The zero-order chi connectivity index (χ0) is 17.2. The van der Waals surface area contributed by atoms with Gasteiger partial charge in [0.15, 0.2) is 11.0 Å². The molecule has 9 heteroatoms. The number of hydrogen-bond donors (Lipinski definition) is 1. The number of aromatic nitrogens is 5. The van der Waals surface area contributed by atoms with Gasteiger partial charge in [-0.25, -0.2) is 4.98 Å². The summed E-state index contributed by atoms with van der Waals surface area (Å²) in [5, 5.41) is 9.53. The fraction of sp³-hybridized carbons (Fsp3) is 0.389. The first-order chi connectivity index (χ1) is 12.2. The number of nitrogens with zero attached hydrogens (tertiary/aromatic N) is 5. The molecule has 1 aliphatic carbocycles. The van der Waals surface area contributed by atoms with E-state index in [2.05, 4.69) is 38.1 Å². The van der Waals surface area contributed by atoms with Gasteiger partial charge in [-0.2, -0.15) is 0 Å². The predicted octanol–water partition coefficient (Wildman–Crippen LogP) is 3.72. The van der Waals surface area contributed by atoms with Crippen molar-refractivity contribution in [2.75, 3.05) is 0 Å². The van der Waals surface area contributed by atoms with E-state index in [-0.39, 0.29) is 30.9 Å². The molecule has 146 valence electrons. The van der Waals surface area contributed by atoms with E-state index in [0.29, 0.717) is 6.04 Å². The van der Waals surface area contributed by atoms with Gasteiger partial charge in [0, 0.05) is 25.5 Å². The van der Waals surface area contributed by atoms with Crippen molar-refractivity contribution in [3.05, 3.63) is 59.9 Å². The molecule has 0 amide bonds.